The summed E-state index contributed by atoms with van der Waals surface area (Å²) in [5, 5.41) is 5.54. The minimum Gasteiger partial charge on any atom is -0.368 e. The Bertz CT molecular complexity index is 415. The van der Waals surface area contributed by atoms with Gasteiger partial charge in [-0.1, -0.05) is 38.4 Å². The van der Waals surface area contributed by atoms with Gasteiger partial charge in [0.2, 0.25) is 0 Å². The second-order valence-electron chi connectivity index (χ2n) is 5.23. The molecule has 0 amide bonds. The molecule has 0 radical (unpaired) electrons. The molecule has 1 aliphatic heterocycles. The molecular formula is C15H23ClN2S. The molecule has 1 fully saturated rings. The van der Waals surface area contributed by atoms with E-state index in [1.807, 2.05) is 0 Å². The number of nitrogens with zero attached hydrogens (tertiary/aromatic N) is 1. The molecule has 1 aromatic carbocycles. The maximum Gasteiger partial charge on any atom is 0.0642 e. The summed E-state index contributed by atoms with van der Waals surface area (Å²) >= 11 is 8.53. The number of thioether (sulfide) groups is 1. The highest BCUT2D eigenvalue weighted by molar-refractivity contribution is 8.00. The lowest BCUT2D eigenvalue weighted by Crippen LogP contribution is -2.40. The van der Waals surface area contributed by atoms with Crippen LogP contribution in [0.3, 0.4) is 0 Å². The van der Waals surface area contributed by atoms with Crippen molar-refractivity contribution in [3.63, 3.8) is 0 Å². The summed E-state index contributed by atoms with van der Waals surface area (Å²) in [6.07, 6.45) is 0. The van der Waals surface area contributed by atoms with E-state index in [-0.39, 0.29) is 0 Å². The number of nitrogens with one attached hydrogen (secondary N) is 1. The van der Waals surface area contributed by atoms with E-state index in [1.54, 1.807) is 0 Å². The fraction of sp³-hybridized carbons (Fsp3) is 0.600. The SMILES string of the molecule is CCNCc1ccc(N2CC(C)SC(C)C2)c(Cl)c1. The largest absolute Gasteiger partial charge is 0.368 e. The Labute approximate surface area is 125 Å². The molecular weight excluding hydrogens is 276 g/mol. The first kappa shape index (κ1) is 15.0. The van der Waals surface area contributed by atoms with Crippen molar-refractivity contribution >= 4 is 29.1 Å². The molecule has 0 aromatic heterocycles. The summed E-state index contributed by atoms with van der Waals surface area (Å²) in [7, 11) is 0. The molecule has 1 aliphatic rings. The van der Waals surface area contributed by atoms with E-state index in [4.69, 9.17) is 11.6 Å². The molecule has 2 atom stereocenters. The molecule has 1 aromatic rings. The number of hydrogen-bond donors (Lipinski definition) is 1. The molecule has 2 nitrogen and oxygen atoms in total. The molecule has 2 rings (SSSR count). The van der Waals surface area contributed by atoms with E-state index < -0.39 is 0 Å². The average Bonchev–Trinajstić information content (AvgIpc) is 2.35. The fourth-order valence-corrected chi connectivity index (χ4v) is 4.21. The van der Waals surface area contributed by atoms with Crippen molar-refractivity contribution in [2.45, 2.75) is 37.8 Å². The molecule has 0 spiro atoms. The zero-order valence-corrected chi connectivity index (χ0v) is 13.5. The number of halogens is 1. The minimum absolute atomic E-state index is 0.668. The standard InChI is InChI=1S/C15H23ClN2S/c1-4-17-8-13-5-6-15(14(16)7-13)18-9-11(2)19-12(3)10-18/h5-7,11-12,17H,4,8-10H2,1-3H3. The van der Waals surface area contributed by atoms with Crippen LogP contribution in [-0.2, 0) is 6.54 Å². The number of anilines is 1. The van der Waals surface area contributed by atoms with E-state index in [1.165, 1.54) is 11.3 Å². The van der Waals surface area contributed by atoms with Gasteiger partial charge in [0, 0.05) is 30.1 Å². The first-order chi connectivity index (χ1) is 9.10. The number of hydrogen-bond acceptors (Lipinski definition) is 3. The van der Waals surface area contributed by atoms with Crippen molar-refractivity contribution in [3.8, 4) is 0 Å². The first-order valence-corrected chi connectivity index (χ1v) is 8.31. The van der Waals surface area contributed by atoms with Crippen LogP contribution in [0.4, 0.5) is 5.69 Å². The van der Waals surface area contributed by atoms with Gasteiger partial charge in [0.1, 0.15) is 0 Å². The predicted molar refractivity (Wildman–Crippen MR) is 87.6 cm³/mol. The van der Waals surface area contributed by atoms with Gasteiger partial charge in [-0.05, 0) is 24.2 Å². The number of benzene rings is 1. The summed E-state index contributed by atoms with van der Waals surface area (Å²) in [4.78, 5) is 2.42. The van der Waals surface area contributed by atoms with Crippen molar-refractivity contribution in [3.05, 3.63) is 28.8 Å². The molecule has 0 aliphatic carbocycles. The normalized spacial score (nSPS) is 23.7. The lowest BCUT2D eigenvalue weighted by Gasteiger charge is -2.36. The van der Waals surface area contributed by atoms with Crippen LogP contribution in [0.25, 0.3) is 0 Å². The maximum atomic E-state index is 6.46. The fourth-order valence-electron chi connectivity index (χ4n) is 2.56. The van der Waals surface area contributed by atoms with Crippen molar-refractivity contribution < 1.29 is 0 Å². The molecule has 0 bridgehead atoms. The summed E-state index contributed by atoms with van der Waals surface area (Å²) in [6.45, 7) is 10.7. The van der Waals surface area contributed by atoms with E-state index >= 15 is 0 Å². The van der Waals surface area contributed by atoms with Crippen molar-refractivity contribution in [2.24, 2.45) is 0 Å². The van der Waals surface area contributed by atoms with Crippen LogP contribution in [0.15, 0.2) is 18.2 Å². The Balaban J connectivity index is 2.11. The molecule has 106 valence electrons. The molecule has 4 heteroatoms. The summed E-state index contributed by atoms with van der Waals surface area (Å²) in [6, 6.07) is 6.45. The van der Waals surface area contributed by atoms with Gasteiger partial charge in [-0.2, -0.15) is 11.8 Å². The average molecular weight is 299 g/mol. The zero-order chi connectivity index (χ0) is 13.8. The maximum absolute atomic E-state index is 6.46. The van der Waals surface area contributed by atoms with Crippen molar-refractivity contribution in [2.75, 3.05) is 24.5 Å². The lowest BCUT2D eigenvalue weighted by atomic mass is 10.1. The van der Waals surface area contributed by atoms with Crippen molar-refractivity contribution in [1.82, 2.24) is 5.32 Å². The van der Waals surface area contributed by atoms with Gasteiger partial charge in [0.15, 0.2) is 0 Å². The Morgan fingerprint density at radius 2 is 2.00 bits per heavy atom. The van der Waals surface area contributed by atoms with Crippen LogP contribution in [-0.4, -0.2) is 30.1 Å². The van der Waals surface area contributed by atoms with E-state index in [0.29, 0.717) is 10.5 Å². The molecule has 19 heavy (non-hydrogen) atoms. The third-order valence-corrected chi connectivity index (χ3v) is 4.88. The van der Waals surface area contributed by atoms with E-state index in [0.717, 1.165) is 31.2 Å². The van der Waals surface area contributed by atoms with Crippen LogP contribution in [0.5, 0.6) is 0 Å². The minimum atomic E-state index is 0.668. The quantitative estimate of drug-likeness (QED) is 0.911. The highest BCUT2D eigenvalue weighted by Gasteiger charge is 2.23. The van der Waals surface area contributed by atoms with Gasteiger partial charge in [-0.25, -0.2) is 0 Å². The van der Waals surface area contributed by atoms with Gasteiger partial charge in [0.05, 0.1) is 10.7 Å². The van der Waals surface area contributed by atoms with Gasteiger partial charge in [-0.15, -0.1) is 0 Å². The second kappa shape index (κ2) is 6.87. The Morgan fingerprint density at radius 3 is 2.58 bits per heavy atom. The summed E-state index contributed by atoms with van der Waals surface area (Å²) in [5.41, 5.74) is 2.43. The second-order valence-corrected chi connectivity index (χ2v) is 7.52. The topological polar surface area (TPSA) is 15.3 Å². The van der Waals surface area contributed by atoms with Gasteiger partial charge in [0.25, 0.3) is 0 Å². The van der Waals surface area contributed by atoms with E-state index in [9.17, 15) is 0 Å². The highest BCUT2D eigenvalue weighted by Crippen LogP contribution is 2.33. The molecule has 1 saturated heterocycles. The van der Waals surface area contributed by atoms with E-state index in [2.05, 4.69) is 60.9 Å². The molecule has 1 heterocycles. The molecule has 2 unspecified atom stereocenters. The summed E-state index contributed by atoms with van der Waals surface area (Å²) in [5.74, 6) is 0. The Morgan fingerprint density at radius 1 is 1.32 bits per heavy atom. The lowest BCUT2D eigenvalue weighted by molar-refractivity contribution is 0.721. The smallest absolute Gasteiger partial charge is 0.0642 e. The van der Waals surface area contributed by atoms with Crippen LogP contribution in [0, 0.1) is 0 Å². The zero-order valence-electron chi connectivity index (χ0n) is 11.9. The third kappa shape index (κ3) is 4.04. The highest BCUT2D eigenvalue weighted by atomic mass is 35.5. The number of rotatable bonds is 4. The van der Waals surface area contributed by atoms with Gasteiger partial charge >= 0.3 is 0 Å². The van der Waals surface area contributed by atoms with Crippen LogP contribution < -0.4 is 10.2 Å². The monoisotopic (exact) mass is 298 g/mol. The Hall–Kier alpha value is -0.380. The summed E-state index contributed by atoms with van der Waals surface area (Å²) < 4.78 is 0. The molecule has 1 N–H and O–H groups in total. The van der Waals surface area contributed by atoms with Crippen LogP contribution in [0.1, 0.15) is 26.3 Å². The molecule has 0 saturated carbocycles. The first-order valence-electron chi connectivity index (χ1n) is 6.99. The van der Waals surface area contributed by atoms with Crippen LogP contribution in [0.2, 0.25) is 5.02 Å². The third-order valence-electron chi connectivity index (χ3n) is 3.35. The van der Waals surface area contributed by atoms with Crippen LogP contribution >= 0.6 is 23.4 Å². The van der Waals surface area contributed by atoms with Gasteiger partial charge in [-0.3, -0.25) is 0 Å². The predicted octanol–water partition coefficient (Wildman–Crippen LogP) is 3.78. The van der Waals surface area contributed by atoms with Gasteiger partial charge < -0.3 is 10.2 Å². The Kier molecular flexibility index (Phi) is 5.43. The van der Waals surface area contributed by atoms with Crippen molar-refractivity contribution in [1.29, 1.82) is 0 Å².